The Balaban J connectivity index is 2.72. The Morgan fingerprint density at radius 2 is 2.33 bits per heavy atom. The molecule has 0 unspecified atom stereocenters. The molecule has 2 rings (SSSR count). The molecule has 6 heteroatoms. The smallest absolute Gasteiger partial charge is 0.307 e. The summed E-state index contributed by atoms with van der Waals surface area (Å²) in [5.41, 5.74) is 0.750. The standard InChI is InChI=1S/C9H6BrFN2O2/c10-9-8-4(3-7(14)15)5(11)1-2-6(8)12-13-9/h1-2H,3H2,(H,12,13)(H,14,15). The summed E-state index contributed by atoms with van der Waals surface area (Å²) in [4.78, 5) is 10.6. The topological polar surface area (TPSA) is 66.0 Å². The molecular weight excluding hydrogens is 267 g/mol. The van der Waals surface area contributed by atoms with Crippen LogP contribution >= 0.6 is 15.9 Å². The zero-order chi connectivity index (χ0) is 11.0. The summed E-state index contributed by atoms with van der Waals surface area (Å²) in [6.07, 6.45) is -0.360. The fraction of sp³-hybridized carbons (Fsp3) is 0.111. The van der Waals surface area contributed by atoms with Crippen molar-refractivity contribution in [3.05, 3.63) is 28.1 Å². The molecule has 0 aliphatic heterocycles. The predicted molar refractivity (Wildman–Crippen MR) is 55.1 cm³/mol. The number of H-pyrrole nitrogens is 1. The van der Waals surface area contributed by atoms with Gasteiger partial charge in [-0.05, 0) is 28.1 Å². The molecular formula is C9H6BrFN2O2. The Bertz CT molecular complexity index is 538. The molecule has 1 heterocycles. The molecule has 0 atom stereocenters. The van der Waals surface area contributed by atoms with Crippen LogP contribution in [0.5, 0.6) is 0 Å². The summed E-state index contributed by atoms with van der Waals surface area (Å²) < 4.78 is 13.8. The highest BCUT2D eigenvalue weighted by Crippen LogP contribution is 2.27. The van der Waals surface area contributed by atoms with Gasteiger partial charge in [0, 0.05) is 10.9 Å². The van der Waals surface area contributed by atoms with Crippen molar-refractivity contribution in [3.63, 3.8) is 0 Å². The Morgan fingerprint density at radius 3 is 3.00 bits per heavy atom. The molecule has 1 aromatic heterocycles. The summed E-state index contributed by atoms with van der Waals surface area (Å²) in [6, 6.07) is 2.75. The zero-order valence-electron chi connectivity index (χ0n) is 7.42. The van der Waals surface area contributed by atoms with E-state index in [-0.39, 0.29) is 12.0 Å². The number of aromatic nitrogens is 2. The maximum atomic E-state index is 13.4. The van der Waals surface area contributed by atoms with Crippen molar-refractivity contribution in [1.29, 1.82) is 0 Å². The minimum Gasteiger partial charge on any atom is -0.481 e. The normalized spacial score (nSPS) is 10.8. The summed E-state index contributed by atoms with van der Waals surface area (Å²) in [7, 11) is 0. The highest BCUT2D eigenvalue weighted by atomic mass is 79.9. The average molecular weight is 273 g/mol. The number of carbonyl (C=O) groups is 1. The Kier molecular flexibility index (Phi) is 2.44. The van der Waals surface area contributed by atoms with Crippen molar-refractivity contribution in [1.82, 2.24) is 10.2 Å². The van der Waals surface area contributed by atoms with E-state index in [9.17, 15) is 9.18 Å². The first kappa shape index (κ1) is 10.1. The van der Waals surface area contributed by atoms with E-state index in [0.717, 1.165) is 0 Å². The number of hydrogen-bond acceptors (Lipinski definition) is 2. The van der Waals surface area contributed by atoms with Gasteiger partial charge in [0.1, 0.15) is 10.4 Å². The van der Waals surface area contributed by atoms with E-state index in [1.54, 1.807) is 0 Å². The number of aliphatic carboxylic acids is 1. The molecule has 15 heavy (non-hydrogen) atoms. The van der Waals surface area contributed by atoms with Gasteiger partial charge in [0.25, 0.3) is 0 Å². The maximum absolute atomic E-state index is 13.4. The van der Waals surface area contributed by atoms with Crippen LogP contribution in [0.15, 0.2) is 16.7 Å². The Labute approximate surface area is 92.2 Å². The lowest BCUT2D eigenvalue weighted by molar-refractivity contribution is -0.136. The number of benzene rings is 1. The molecule has 78 valence electrons. The van der Waals surface area contributed by atoms with Crippen molar-refractivity contribution in [2.75, 3.05) is 0 Å². The van der Waals surface area contributed by atoms with E-state index < -0.39 is 11.8 Å². The summed E-state index contributed by atoms with van der Waals surface area (Å²) in [5, 5.41) is 15.7. The first-order valence-electron chi connectivity index (χ1n) is 4.12. The zero-order valence-corrected chi connectivity index (χ0v) is 9.01. The molecule has 2 aromatic rings. The predicted octanol–water partition coefficient (Wildman–Crippen LogP) is 2.09. The molecule has 0 spiro atoms. The lowest BCUT2D eigenvalue weighted by Gasteiger charge is -2.01. The van der Waals surface area contributed by atoms with Gasteiger partial charge in [-0.15, -0.1) is 0 Å². The molecule has 2 N–H and O–H groups in total. The average Bonchev–Trinajstić information content (AvgIpc) is 2.52. The van der Waals surface area contributed by atoms with Gasteiger partial charge in [0.2, 0.25) is 0 Å². The third kappa shape index (κ3) is 1.72. The maximum Gasteiger partial charge on any atom is 0.307 e. The number of fused-ring (bicyclic) bond motifs is 1. The number of carboxylic acids is 1. The molecule has 0 radical (unpaired) electrons. The van der Waals surface area contributed by atoms with Crippen LogP contribution in [-0.4, -0.2) is 21.3 Å². The molecule has 0 saturated heterocycles. The van der Waals surface area contributed by atoms with Gasteiger partial charge in [-0.2, -0.15) is 5.10 Å². The molecule has 0 amide bonds. The molecule has 1 aromatic carbocycles. The lowest BCUT2D eigenvalue weighted by Crippen LogP contribution is -2.03. The Morgan fingerprint density at radius 1 is 1.60 bits per heavy atom. The van der Waals surface area contributed by atoms with Crippen molar-refractivity contribution in [2.24, 2.45) is 0 Å². The number of halogens is 2. The number of aromatic amines is 1. The van der Waals surface area contributed by atoms with E-state index in [2.05, 4.69) is 26.1 Å². The third-order valence-electron chi connectivity index (χ3n) is 2.06. The number of rotatable bonds is 2. The molecule has 0 bridgehead atoms. The minimum absolute atomic E-state index is 0.139. The van der Waals surface area contributed by atoms with E-state index in [1.807, 2.05) is 0 Å². The number of nitrogens with one attached hydrogen (secondary N) is 1. The second-order valence-corrected chi connectivity index (χ2v) is 3.78. The van der Waals surface area contributed by atoms with Crippen LogP contribution in [0, 0.1) is 5.82 Å². The second-order valence-electron chi connectivity index (χ2n) is 3.03. The van der Waals surface area contributed by atoms with E-state index in [1.165, 1.54) is 12.1 Å². The first-order valence-corrected chi connectivity index (χ1v) is 4.91. The largest absolute Gasteiger partial charge is 0.481 e. The highest BCUT2D eigenvalue weighted by molar-refractivity contribution is 9.10. The minimum atomic E-state index is -1.07. The van der Waals surface area contributed by atoms with E-state index >= 15 is 0 Å². The molecule has 0 fully saturated rings. The third-order valence-corrected chi connectivity index (χ3v) is 2.64. The van der Waals surface area contributed by atoms with Gasteiger partial charge < -0.3 is 5.11 Å². The number of nitrogens with zero attached hydrogens (tertiary/aromatic N) is 1. The van der Waals surface area contributed by atoms with Crippen molar-refractivity contribution < 1.29 is 14.3 Å². The molecule has 0 aliphatic carbocycles. The number of hydrogen-bond donors (Lipinski definition) is 2. The van der Waals surface area contributed by atoms with Gasteiger partial charge in [-0.3, -0.25) is 9.89 Å². The van der Waals surface area contributed by atoms with Crippen LogP contribution < -0.4 is 0 Å². The molecule has 0 aliphatic rings. The second kappa shape index (κ2) is 3.62. The van der Waals surface area contributed by atoms with E-state index in [0.29, 0.717) is 15.5 Å². The van der Waals surface area contributed by atoms with Crippen LogP contribution in [0.4, 0.5) is 4.39 Å². The molecule has 4 nitrogen and oxygen atoms in total. The highest BCUT2D eigenvalue weighted by Gasteiger charge is 2.15. The van der Waals surface area contributed by atoms with Gasteiger partial charge in [0.15, 0.2) is 0 Å². The van der Waals surface area contributed by atoms with Gasteiger partial charge >= 0.3 is 5.97 Å². The van der Waals surface area contributed by atoms with Gasteiger partial charge in [0.05, 0.1) is 11.9 Å². The summed E-state index contributed by atoms with van der Waals surface area (Å²) >= 11 is 3.14. The van der Waals surface area contributed by atoms with Crippen LogP contribution in [-0.2, 0) is 11.2 Å². The van der Waals surface area contributed by atoms with E-state index in [4.69, 9.17) is 5.11 Å². The van der Waals surface area contributed by atoms with Crippen LogP contribution in [0.2, 0.25) is 0 Å². The van der Waals surface area contributed by atoms with Crippen LogP contribution in [0.1, 0.15) is 5.56 Å². The first-order chi connectivity index (χ1) is 7.09. The van der Waals surface area contributed by atoms with Crippen molar-refractivity contribution in [3.8, 4) is 0 Å². The number of carboxylic acid groups (broad SMARTS) is 1. The van der Waals surface area contributed by atoms with Gasteiger partial charge in [-0.1, -0.05) is 0 Å². The van der Waals surface area contributed by atoms with Crippen molar-refractivity contribution >= 4 is 32.8 Å². The summed E-state index contributed by atoms with van der Waals surface area (Å²) in [6.45, 7) is 0. The van der Waals surface area contributed by atoms with Crippen molar-refractivity contribution in [2.45, 2.75) is 6.42 Å². The fourth-order valence-electron chi connectivity index (χ4n) is 1.44. The summed E-state index contributed by atoms with van der Waals surface area (Å²) in [5.74, 6) is -1.61. The fourth-order valence-corrected chi connectivity index (χ4v) is 1.98. The molecule has 0 saturated carbocycles. The Hall–Kier alpha value is -1.43. The SMILES string of the molecule is O=C(O)Cc1c(F)ccc2[nH]nc(Br)c12. The van der Waals surface area contributed by atoms with Crippen LogP contribution in [0.3, 0.4) is 0 Å². The lowest BCUT2D eigenvalue weighted by atomic mass is 10.1. The van der Waals surface area contributed by atoms with Gasteiger partial charge in [-0.25, -0.2) is 4.39 Å². The van der Waals surface area contributed by atoms with Crippen LogP contribution in [0.25, 0.3) is 10.9 Å². The monoisotopic (exact) mass is 272 g/mol. The quantitative estimate of drug-likeness (QED) is 0.880.